The Hall–Kier alpha value is -1.10. The lowest BCUT2D eigenvalue weighted by atomic mass is 10.0. The van der Waals surface area contributed by atoms with Crippen molar-refractivity contribution in [1.82, 2.24) is 4.90 Å². The molecule has 0 radical (unpaired) electrons. The van der Waals surface area contributed by atoms with Gasteiger partial charge in [0.15, 0.2) is 0 Å². The molecule has 2 unspecified atom stereocenters. The highest BCUT2D eigenvalue weighted by molar-refractivity contribution is 5.82. The molecule has 1 amide bonds. The third-order valence-electron chi connectivity index (χ3n) is 2.57. The van der Waals surface area contributed by atoms with Crippen molar-refractivity contribution in [3.63, 3.8) is 0 Å². The maximum absolute atomic E-state index is 11.9. The van der Waals surface area contributed by atoms with Gasteiger partial charge >= 0.3 is 5.97 Å². The standard InChI is InChI=1S/C12H24N2O3/c1-8(2)6-10(13)11(15)14(4)7-9(3)12(16)17-5/h8-10H,6-7,13H2,1-5H3. The molecule has 0 aliphatic heterocycles. The summed E-state index contributed by atoms with van der Waals surface area (Å²) in [5.74, 6) is -0.405. The van der Waals surface area contributed by atoms with Gasteiger partial charge in [-0.2, -0.15) is 0 Å². The van der Waals surface area contributed by atoms with Crippen LogP contribution < -0.4 is 5.73 Å². The molecule has 5 heteroatoms. The number of likely N-dealkylation sites (N-methyl/N-ethyl adjacent to an activating group) is 1. The molecule has 0 aliphatic rings. The number of amides is 1. The van der Waals surface area contributed by atoms with Crippen molar-refractivity contribution < 1.29 is 14.3 Å². The second-order valence-corrected chi connectivity index (χ2v) is 4.88. The number of carbonyl (C=O) groups excluding carboxylic acids is 2. The number of nitrogens with zero attached hydrogens (tertiary/aromatic N) is 1. The number of nitrogens with two attached hydrogens (primary N) is 1. The fourth-order valence-electron chi connectivity index (χ4n) is 1.67. The lowest BCUT2D eigenvalue weighted by Gasteiger charge is -2.24. The molecule has 2 N–H and O–H groups in total. The van der Waals surface area contributed by atoms with E-state index in [1.165, 1.54) is 12.0 Å². The Morgan fingerprint density at radius 3 is 2.24 bits per heavy atom. The lowest BCUT2D eigenvalue weighted by molar-refractivity contribution is -0.146. The predicted octanol–water partition coefficient (Wildman–Crippen LogP) is 0.627. The maximum atomic E-state index is 11.9. The fraction of sp³-hybridized carbons (Fsp3) is 0.833. The smallest absolute Gasteiger partial charge is 0.310 e. The molecular weight excluding hydrogens is 220 g/mol. The van der Waals surface area contributed by atoms with Gasteiger partial charge in [0, 0.05) is 13.6 Å². The molecule has 0 rings (SSSR count). The number of rotatable bonds is 6. The van der Waals surface area contributed by atoms with E-state index in [1.807, 2.05) is 13.8 Å². The number of hydrogen-bond donors (Lipinski definition) is 1. The molecule has 0 aromatic rings. The molecule has 100 valence electrons. The predicted molar refractivity (Wildman–Crippen MR) is 66.2 cm³/mol. The molecular formula is C12H24N2O3. The summed E-state index contributed by atoms with van der Waals surface area (Å²) in [7, 11) is 2.99. The van der Waals surface area contributed by atoms with E-state index in [1.54, 1.807) is 14.0 Å². The molecule has 5 nitrogen and oxygen atoms in total. The van der Waals surface area contributed by atoms with Gasteiger partial charge < -0.3 is 15.4 Å². The van der Waals surface area contributed by atoms with Crippen LogP contribution in [0.15, 0.2) is 0 Å². The molecule has 0 aliphatic carbocycles. The van der Waals surface area contributed by atoms with Crippen molar-refractivity contribution in [2.75, 3.05) is 20.7 Å². The molecule has 0 aromatic carbocycles. The van der Waals surface area contributed by atoms with Crippen molar-refractivity contribution in [3.05, 3.63) is 0 Å². The second-order valence-electron chi connectivity index (χ2n) is 4.88. The molecule has 2 atom stereocenters. The summed E-state index contributed by atoms with van der Waals surface area (Å²) in [4.78, 5) is 24.6. The van der Waals surface area contributed by atoms with Crippen molar-refractivity contribution >= 4 is 11.9 Å². The van der Waals surface area contributed by atoms with Crippen LogP contribution in [-0.4, -0.2) is 43.5 Å². The topological polar surface area (TPSA) is 72.6 Å². The van der Waals surface area contributed by atoms with Gasteiger partial charge in [0.2, 0.25) is 5.91 Å². The van der Waals surface area contributed by atoms with E-state index < -0.39 is 6.04 Å². The van der Waals surface area contributed by atoms with Gasteiger partial charge in [-0.1, -0.05) is 20.8 Å². The van der Waals surface area contributed by atoms with E-state index in [-0.39, 0.29) is 17.8 Å². The summed E-state index contributed by atoms with van der Waals surface area (Å²) in [6.07, 6.45) is 0.649. The minimum atomic E-state index is -0.496. The Morgan fingerprint density at radius 2 is 1.82 bits per heavy atom. The maximum Gasteiger partial charge on any atom is 0.310 e. The van der Waals surface area contributed by atoms with Gasteiger partial charge in [-0.25, -0.2) is 0 Å². The van der Waals surface area contributed by atoms with Crippen LogP contribution in [0.25, 0.3) is 0 Å². The fourth-order valence-corrected chi connectivity index (χ4v) is 1.67. The molecule has 0 fully saturated rings. The number of esters is 1. The van der Waals surface area contributed by atoms with Gasteiger partial charge in [-0.05, 0) is 12.3 Å². The van der Waals surface area contributed by atoms with Crippen molar-refractivity contribution in [1.29, 1.82) is 0 Å². The molecule has 0 heterocycles. The Morgan fingerprint density at radius 1 is 1.29 bits per heavy atom. The van der Waals surface area contributed by atoms with Crippen LogP contribution >= 0.6 is 0 Å². The molecule has 0 bridgehead atoms. The van der Waals surface area contributed by atoms with Crippen LogP contribution in [0.1, 0.15) is 27.2 Å². The summed E-state index contributed by atoms with van der Waals surface area (Å²) >= 11 is 0. The van der Waals surface area contributed by atoms with Gasteiger partial charge in [0.05, 0.1) is 19.1 Å². The Balaban J connectivity index is 4.26. The average Bonchev–Trinajstić information content (AvgIpc) is 2.25. The van der Waals surface area contributed by atoms with E-state index in [0.29, 0.717) is 18.9 Å². The van der Waals surface area contributed by atoms with E-state index >= 15 is 0 Å². The van der Waals surface area contributed by atoms with E-state index in [2.05, 4.69) is 4.74 Å². The van der Waals surface area contributed by atoms with Crippen LogP contribution in [0, 0.1) is 11.8 Å². The van der Waals surface area contributed by atoms with Gasteiger partial charge in [-0.3, -0.25) is 9.59 Å². The molecule has 0 aromatic heterocycles. The lowest BCUT2D eigenvalue weighted by Crippen LogP contribution is -2.44. The van der Waals surface area contributed by atoms with Crippen molar-refractivity contribution in [3.8, 4) is 0 Å². The SMILES string of the molecule is COC(=O)C(C)CN(C)C(=O)C(N)CC(C)C. The summed E-state index contributed by atoms with van der Waals surface area (Å²) in [6, 6.07) is -0.496. The van der Waals surface area contributed by atoms with Crippen LogP contribution in [0.4, 0.5) is 0 Å². The van der Waals surface area contributed by atoms with Crippen LogP contribution in [-0.2, 0) is 14.3 Å². The zero-order chi connectivity index (χ0) is 13.6. The normalized spacial score (nSPS) is 14.3. The Labute approximate surface area is 103 Å². The number of carbonyl (C=O) groups is 2. The highest BCUT2D eigenvalue weighted by atomic mass is 16.5. The zero-order valence-electron chi connectivity index (χ0n) is 11.4. The first kappa shape index (κ1) is 15.9. The van der Waals surface area contributed by atoms with E-state index in [9.17, 15) is 9.59 Å². The summed E-state index contributed by atoms with van der Waals surface area (Å²) in [5.41, 5.74) is 5.80. The molecule has 0 saturated carbocycles. The molecule has 17 heavy (non-hydrogen) atoms. The third kappa shape index (κ3) is 5.68. The number of methoxy groups -OCH3 is 1. The Kier molecular flexibility index (Phi) is 6.80. The monoisotopic (exact) mass is 244 g/mol. The Bertz CT molecular complexity index is 266. The number of ether oxygens (including phenoxy) is 1. The van der Waals surface area contributed by atoms with E-state index in [0.717, 1.165) is 0 Å². The minimum absolute atomic E-state index is 0.130. The van der Waals surface area contributed by atoms with Crippen LogP contribution in [0.2, 0.25) is 0 Å². The van der Waals surface area contributed by atoms with Gasteiger partial charge in [0.1, 0.15) is 0 Å². The molecule has 0 spiro atoms. The van der Waals surface area contributed by atoms with Crippen LogP contribution in [0.5, 0.6) is 0 Å². The second kappa shape index (κ2) is 7.27. The first-order valence-corrected chi connectivity index (χ1v) is 5.88. The first-order chi connectivity index (χ1) is 7.79. The van der Waals surface area contributed by atoms with Crippen molar-refractivity contribution in [2.24, 2.45) is 17.6 Å². The first-order valence-electron chi connectivity index (χ1n) is 5.88. The third-order valence-corrected chi connectivity index (χ3v) is 2.57. The largest absolute Gasteiger partial charge is 0.469 e. The average molecular weight is 244 g/mol. The van der Waals surface area contributed by atoms with Gasteiger partial charge in [0.25, 0.3) is 0 Å². The zero-order valence-corrected chi connectivity index (χ0v) is 11.4. The molecule has 0 saturated heterocycles. The quantitative estimate of drug-likeness (QED) is 0.695. The van der Waals surface area contributed by atoms with Gasteiger partial charge in [-0.15, -0.1) is 0 Å². The highest BCUT2D eigenvalue weighted by Crippen LogP contribution is 2.07. The van der Waals surface area contributed by atoms with Crippen LogP contribution in [0.3, 0.4) is 0 Å². The minimum Gasteiger partial charge on any atom is -0.469 e. The highest BCUT2D eigenvalue weighted by Gasteiger charge is 2.23. The summed E-state index contributed by atoms with van der Waals surface area (Å²) in [5, 5.41) is 0. The summed E-state index contributed by atoms with van der Waals surface area (Å²) < 4.78 is 4.61. The van der Waals surface area contributed by atoms with Crippen molar-refractivity contribution in [2.45, 2.75) is 33.2 Å². The number of hydrogen-bond acceptors (Lipinski definition) is 4. The van der Waals surface area contributed by atoms with E-state index in [4.69, 9.17) is 5.73 Å². The summed E-state index contributed by atoms with van der Waals surface area (Å²) in [6.45, 7) is 6.09.